The van der Waals surface area contributed by atoms with Crippen molar-refractivity contribution in [1.82, 2.24) is 0 Å². The SMILES string of the molecule is CCCCCCCCCOS(C)(=O)=O. The van der Waals surface area contributed by atoms with Crippen LogP contribution in [0.1, 0.15) is 51.9 Å². The van der Waals surface area contributed by atoms with Crippen molar-refractivity contribution < 1.29 is 12.6 Å². The van der Waals surface area contributed by atoms with E-state index in [-0.39, 0.29) is 0 Å². The standard InChI is InChI=1S/C10H22O3S/c1-3-4-5-6-7-8-9-10-13-14(2,11)12/h3-10H2,1-2H3. The summed E-state index contributed by atoms with van der Waals surface area (Å²) in [6.07, 6.45) is 9.31. The Morgan fingerprint density at radius 3 is 1.93 bits per heavy atom. The largest absolute Gasteiger partial charge is 0.270 e. The number of rotatable bonds is 9. The van der Waals surface area contributed by atoms with Gasteiger partial charge in [-0.2, -0.15) is 8.42 Å². The van der Waals surface area contributed by atoms with Gasteiger partial charge >= 0.3 is 0 Å². The monoisotopic (exact) mass is 222 g/mol. The molecule has 0 bridgehead atoms. The maximum Gasteiger partial charge on any atom is 0.264 e. The smallest absolute Gasteiger partial charge is 0.264 e. The van der Waals surface area contributed by atoms with Gasteiger partial charge in [-0.1, -0.05) is 45.4 Å². The Balaban J connectivity index is 3.07. The van der Waals surface area contributed by atoms with Crippen molar-refractivity contribution in [2.24, 2.45) is 0 Å². The molecule has 0 aliphatic heterocycles. The molecule has 0 heterocycles. The lowest BCUT2D eigenvalue weighted by molar-refractivity contribution is 0.309. The highest BCUT2D eigenvalue weighted by Gasteiger charge is 1.99. The molecule has 0 saturated heterocycles. The van der Waals surface area contributed by atoms with Gasteiger partial charge in [0.2, 0.25) is 0 Å². The van der Waals surface area contributed by atoms with Crippen molar-refractivity contribution in [3.05, 3.63) is 0 Å². The fourth-order valence-corrected chi connectivity index (χ4v) is 1.69. The summed E-state index contributed by atoms with van der Waals surface area (Å²) in [6.45, 7) is 2.53. The van der Waals surface area contributed by atoms with Crippen LogP contribution in [0.4, 0.5) is 0 Å². The second-order valence-electron chi connectivity index (χ2n) is 3.65. The van der Waals surface area contributed by atoms with Crippen LogP contribution in [-0.4, -0.2) is 21.3 Å². The summed E-state index contributed by atoms with van der Waals surface area (Å²) in [5, 5.41) is 0. The lowest BCUT2D eigenvalue weighted by Gasteiger charge is -2.01. The van der Waals surface area contributed by atoms with E-state index in [9.17, 15) is 8.42 Å². The molecule has 14 heavy (non-hydrogen) atoms. The maximum atomic E-state index is 10.6. The second-order valence-corrected chi connectivity index (χ2v) is 5.29. The molecule has 0 radical (unpaired) electrons. The van der Waals surface area contributed by atoms with Gasteiger partial charge in [-0.05, 0) is 6.42 Å². The molecule has 0 aromatic rings. The van der Waals surface area contributed by atoms with E-state index in [0.717, 1.165) is 19.1 Å². The quantitative estimate of drug-likeness (QED) is 0.445. The summed E-state index contributed by atoms with van der Waals surface area (Å²) in [6, 6.07) is 0. The summed E-state index contributed by atoms with van der Waals surface area (Å²) in [7, 11) is -3.23. The first-order valence-electron chi connectivity index (χ1n) is 5.40. The van der Waals surface area contributed by atoms with Gasteiger partial charge in [-0.15, -0.1) is 0 Å². The lowest BCUT2D eigenvalue weighted by atomic mass is 10.1. The summed E-state index contributed by atoms with van der Waals surface area (Å²) in [5.74, 6) is 0. The zero-order valence-corrected chi connectivity index (χ0v) is 10.1. The Labute approximate surface area is 88.0 Å². The van der Waals surface area contributed by atoms with Gasteiger partial charge in [0.05, 0.1) is 12.9 Å². The number of hydrogen-bond acceptors (Lipinski definition) is 3. The predicted molar refractivity (Wildman–Crippen MR) is 58.8 cm³/mol. The summed E-state index contributed by atoms with van der Waals surface area (Å²) in [4.78, 5) is 0. The molecule has 0 N–H and O–H groups in total. The molecule has 86 valence electrons. The van der Waals surface area contributed by atoms with Gasteiger partial charge in [0.25, 0.3) is 10.1 Å². The number of hydrogen-bond donors (Lipinski definition) is 0. The minimum atomic E-state index is -3.23. The summed E-state index contributed by atoms with van der Waals surface area (Å²) >= 11 is 0. The Bertz CT molecular complexity index is 209. The van der Waals surface area contributed by atoms with E-state index in [4.69, 9.17) is 0 Å². The van der Waals surface area contributed by atoms with Gasteiger partial charge in [0.1, 0.15) is 0 Å². The Morgan fingerprint density at radius 2 is 1.43 bits per heavy atom. The molecule has 0 unspecified atom stereocenters. The molecule has 0 aliphatic carbocycles. The van der Waals surface area contributed by atoms with Gasteiger partial charge in [-0.3, -0.25) is 4.18 Å². The first-order valence-corrected chi connectivity index (χ1v) is 7.22. The van der Waals surface area contributed by atoms with Gasteiger partial charge in [-0.25, -0.2) is 0 Å². The van der Waals surface area contributed by atoms with E-state index >= 15 is 0 Å². The van der Waals surface area contributed by atoms with E-state index in [0.29, 0.717) is 6.61 Å². The van der Waals surface area contributed by atoms with E-state index in [1.54, 1.807) is 0 Å². The van der Waals surface area contributed by atoms with Crippen LogP contribution in [0, 0.1) is 0 Å². The number of unbranched alkanes of at least 4 members (excludes halogenated alkanes) is 6. The highest BCUT2D eigenvalue weighted by Crippen LogP contribution is 2.07. The molecule has 0 rings (SSSR count). The second kappa shape index (κ2) is 8.24. The molecule has 0 aromatic heterocycles. The Hall–Kier alpha value is -0.0900. The van der Waals surface area contributed by atoms with Crippen LogP contribution >= 0.6 is 0 Å². The van der Waals surface area contributed by atoms with Crippen LogP contribution in [0.3, 0.4) is 0 Å². The zero-order valence-electron chi connectivity index (χ0n) is 9.29. The fraction of sp³-hybridized carbons (Fsp3) is 1.00. The van der Waals surface area contributed by atoms with Crippen molar-refractivity contribution in [2.45, 2.75) is 51.9 Å². The topological polar surface area (TPSA) is 43.4 Å². The highest BCUT2D eigenvalue weighted by molar-refractivity contribution is 7.85. The average Bonchev–Trinajstić information content (AvgIpc) is 2.08. The van der Waals surface area contributed by atoms with Crippen molar-refractivity contribution in [1.29, 1.82) is 0 Å². The van der Waals surface area contributed by atoms with Crippen LogP contribution in [0.2, 0.25) is 0 Å². The predicted octanol–water partition coefficient (Wildman–Crippen LogP) is 2.71. The zero-order chi connectivity index (χ0) is 10.9. The molecular weight excluding hydrogens is 200 g/mol. The van der Waals surface area contributed by atoms with E-state index < -0.39 is 10.1 Å². The van der Waals surface area contributed by atoms with Crippen LogP contribution in [0.25, 0.3) is 0 Å². The van der Waals surface area contributed by atoms with Gasteiger partial charge < -0.3 is 0 Å². The minimum Gasteiger partial charge on any atom is -0.270 e. The van der Waals surface area contributed by atoms with Crippen molar-refractivity contribution in [2.75, 3.05) is 12.9 Å². The van der Waals surface area contributed by atoms with Crippen molar-refractivity contribution in [3.63, 3.8) is 0 Å². The summed E-state index contributed by atoms with van der Waals surface area (Å²) in [5.41, 5.74) is 0. The average molecular weight is 222 g/mol. The highest BCUT2D eigenvalue weighted by atomic mass is 32.2. The van der Waals surface area contributed by atoms with Crippen LogP contribution in [0.15, 0.2) is 0 Å². The molecule has 0 aliphatic rings. The van der Waals surface area contributed by atoms with Crippen LogP contribution in [0.5, 0.6) is 0 Å². The molecule has 0 saturated carbocycles. The minimum absolute atomic E-state index is 0.340. The van der Waals surface area contributed by atoms with Crippen molar-refractivity contribution >= 4 is 10.1 Å². The third-order valence-electron chi connectivity index (χ3n) is 2.05. The van der Waals surface area contributed by atoms with E-state index in [1.165, 1.54) is 32.1 Å². The third-order valence-corrected chi connectivity index (χ3v) is 2.64. The van der Waals surface area contributed by atoms with Gasteiger partial charge in [0.15, 0.2) is 0 Å². The van der Waals surface area contributed by atoms with E-state index in [1.807, 2.05) is 0 Å². The van der Waals surface area contributed by atoms with E-state index in [2.05, 4.69) is 11.1 Å². The van der Waals surface area contributed by atoms with Gasteiger partial charge in [0, 0.05) is 0 Å². The molecule has 3 nitrogen and oxygen atoms in total. The molecule has 0 aromatic carbocycles. The lowest BCUT2D eigenvalue weighted by Crippen LogP contribution is -2.03. The molecule has 0 atom stereocenters. The molecular formula is C10H22O3S. The fourth-order valence-electron chi connectivity index (χ4n) is 1.27. The maximum absolute atomic E-state index is 10.6. The molecule has 0 spiro atoms. The molecule has 4 heteroatoms. The van der Waals surface area contributed by atoms with Crippen LogP contribution in [-0.2, 0) is 14.3 Å². The first-order chi connectivity index (χ1) is 6.56. The molecule has 0 fully saturated rings. The molecule has 0 amide bonds. The van der Waals surface area contributed by atoms with Crippen LogP contribution < -0.4 is 0 Å². The first kappa shape index (κ1) is 13.9. The third kappa shape index (κ3) is 11.9. The Kier molecular flexibility index (Phi) is 8.18. The normalized spacial score (nSPS) is 11.9. The Morgan fingerprint density at radius 1 is 0.929 bits per heavy atom. The summed E-state index contributed by atoms with van der Waals surface area (Å²) < 4.78 is 25.8. The van der Waals surface area contributed by atoms with Crippen molar-refractivity contribution in [3.8, 4) is 0 Å².